The molecule has 2 fully saturated rings. The summed E-state index contributed by atoms with van der Waals surface area (Å²) in [7, 11) is 0. The fraction of sp³-hybridized carbons (Fsp3) is 0.692. The fourth-order valence-electron chi connectivity index (χ4n) is 4.72. The number of ketones is 1. The highest BCUT2D eigenvalue weighted by Crippen LogP contribution is 2.44. The van der Waals surface area contributed by atoms with Crippen LogP contribution in [0.4, 0.5) is 0 Å². The molecule has 190 valence electrons. The van der Waals surface area contributed by atoms with Gasteiger partial charge in [0.25, 0.3) is 0 Å². The molecule has 0 bridgehead atoms. The van der Waals surface area contributed by atoms with Crippen LogP contribution in [0.25, 0.3) is 0 Å². The zero-order valence-electron chi connectivity index (χ0n) is 20.6. The average molecular weight is 495 g/mol. The van der Waals surface area contributed by atoms with Crippen LogP contribution in [-0.2, 0) is 25.4 Å². The van der Waals surface area contributed by atoms with Crippen molar-refractivity contribution in [3.05, 3.63) is 23.3 Å². The number of benzene rings is 1. The van der Waals surface area contributed by atoms with Crippen molar-refractivity contribution >= 4 is 23.5 Å². The number of carbonyl (C=O) groups excluding carboxylic acids is 2. The number of esters is 1. The lowest BCUT2D eigenvalue weighted by Gasteiger charge is -2.22. The van der Waals surface area contributed by atoms with Gasteiger partial charge in [0.1, 0.15) is 11.5 Å². The fourth-order valence-corrected chi connectivity index (χ4v) is 5.64. The number of Topliss-reactive ketones (excluding diaryl/α,β-unsaturated/α-hetero) is 1. The molecule has 0 radical (unpaired) electrons. The maximum atomic E-state index is 11.8. The van der Waals surface area contributed by atoms with Crippen molar-refractivity contribution < 1.29 is 33.6 Å². The van der Waals surface area contributed by atoms with E-state index in [4.69, 9.17) is 18.9 Å². The van der Waals surface area contributed by atoms with Crippen LogP contribution < -0.4 is 4.74 Å². The summed E-state index contributed by atoms with van der Waals surface area (Å²) in [4.78, 5) is 23.4. The van der Waals surface area contributed by atoms with Crippen LogP contribution in [-0.4, -0.2) is 60.1 Å². The van der Waals surface area contributed by atoms with Crippen LogP contribution >= 0.6 is 11.8 Å². The molecule has 1 aromatic carbocycles. The molecule has 3 unspecified atom stereocenters. The lowest BCUT2D eigenvalue weighted by molar-refractivity contribution is -0.162. The van der Waals surface area contributed by atoms with Crippen LogP contribution in [0.15, 0.2) is 12.1 Å². The summed E-state index contributed by atoms with van der Waals surface area (Å²) in [5, 5.41) is 10.5. The first-order valence-electron chi connectivity index (χ1n) is 12.4. The minimum Gasteiger partial charge on any atom is -0.507 e. The molecule has 1 aliphatic carbocycles. The van der Waals surface area contributed by atoms with Gasteiger partial charge in [-0.05, 0) is 56.9 Å². The average Bonchev–Trinajstić information content (AvgIpc) is 3.38. The Morgan fingerprint density at radius 2 is 2.12 bits per heavy atom. The van der Waals surface area contributed by atoms with E-state index < -0.39 is 5.79 Å². The molecule has 8 heteroatoms. The first kappa shape index (κ1) is 26.8. The Bertz CT molecular complexity index is 843. The molecular weight excluding hydrogens is 456 g/mol. The summed E-state index contributed by atoms with van der Waals surface area (Å²) in [5.74, 6) is 1.96. The van der Waals surface area contributed by atoms with Crippen LogP contribution in [0.1, 0.15) is 75.2 Å². The lowest BCUT2D eigenvalue weighted by atomic mass is 10.0. The molecule has 2 aliphatic rings. The minimum absolute atomic E-state index is 0.0462. The van der Waals surface area contributed by atoms with E-state index in [0.29, 0.717) is 49.5 Å². The standard InChI is InChI=1S/C26H38O7S/c1-4-7-22-23(9-8-21(18(3)27)25(22)29)31-12-6-13-34-17-20-16-32-26(33-20)11-10-19(15-26)14-24(28)30-5-2/h8-9,19-20,29H,4-7,10-17H2,1-3H3. The summed E-state index contributed by atoms with van der Waals surface area (Å²) in [6.07, 6.45) is 5.42. The van der Waals surface area contributed by atoms with Crippen molar-refractivity contribution in [2.45, 2.75) is 77.6 Å². The molecule has 3 atom stereocenters. The van der Waals surface area contributed by atoms with Gasteiger partial charge in [-0.15, -0.1) is 0 Å². The molecule has 1 N–H and O–H groups in total. The van der Waals surface area contributed by atoms with E-state index in [1.807, 2.05) is 25.6 Å². The second-order valence-electron chi connectivity index (χ2n) is 9.10. The minimum atomic E-state index is -0.519. The van der Waals surface area contributed by atoms with Gasteiger partial charge < -0.3 is 24.1 Å². The lowest BCUT2D eigenvalue weighted by Crippen LogP contribution is -2.28. The molecule has 0 aromatic heterocycles. The highest BCUT2D eigenvalue weighted by Gasteiger charge is 2.47. The Kier molecular flexibility index (Phi) is 10.1. The quantitative estimate of drug-likeness (QED) is 0.235. The number of phenols is 1. The first-order chi connectivity index (χ1) is 16.4. The zero-order chi connectivity index (χ0) is 24.6. The number of hydrogen-bond donors (Lipinski definition) is 1. The molecule has 1 spiro atoms. The van der Waals surface area contributed by atoms with Crippen LogP contribution in [0.5, 0.6) is 11.5 Å². The Hall–Kier alpha value is -1.77. The number of phenolic OH excluding ortho intramolecular Hbond substituents is 1. The normalized spacial score (nSPS) is 24.0. The number of hydrogen-bond acceptors (Lipinski definition) is 8. The van der Waals surface area contributed by atoms with E-state index in [0.717, 1.165) is 43.6 Å². The molecule has 1 saturated carbocycles. The maximum absolute atomic E-state index is 11.8. The van der Waals surface area contributed by atoms with Gasteiger partial charge in [0, 0.05) is 30.6 Å². The van der Waals surface area contributed by atoms with E-state index in [1.54, 1.807) is 12.1 Å². The van der Waals surface area contributed by atoms with Gasteiger partial charge in [0.05, 0.1) is 31.5 Å². The van der Waals surface area contributed by atoms with Gasteiger partial charge in [0.15, 0.2) is 11.6 Å². The van der Waals surface area contributed by atoms with E-state index in [9.17, 15) is 14.7 Å². The molecular formula is C26H38O7S. The van der Waals surface area contributed by atoms with Gasteiger partial charge in [0.2, 0.25) is 0 Å². The second-order valence-corrected chi connectivity index (χ2v) is 10.3. The summed E-state index contributed by atoms with van der Waals surface area (Å²) in [5.41, 5.74) is 1.06. The number of aromatic hydroxyl groups is 1. The summed E-state index contributed by atoms with van der Waals surface area (Å²) < 4.78 is 23.3. The number of carbonyl (C=O) groups is 2. The Balaban J connectivity index is 1.35. The van der Waals surface area contributed by atoms with Crippen molar-refractivity contribution in [3.63, 3.8) is 0 Å². The summed E-state index contributed by atoms with van der Waals surface area (Å²) in [6, 6.07) is 3.42. The van der Waals surface area contributed by atoms with Gasteiger partial charge >= 0.3 is 5.97 Å². The molecule has 1 saturated heterocycles. The molecule has 1 aliphatic heterocycles. The third kappa shape index (κ3) is 7.12. The van der Waals surface area contributed by atoms with Crippen LogP contribution in [0, 0.1) is 5.92 Å². The monoisotopic (exact) mass is 494 g/mol. The van der Waals surface area contributed by atoms with Gasteiger partial charge in [-0.2, -0.15) is 11.8 Å². The molecule has 34 heavy (non-hydrogen) atoms. The van der Waals surface area contributed by atoms with Crippen molar-refractivity contribution in [1.29, 1.82) is 0 Å². The van der Waals surface area contributed by atoms with Crippen molar-refractivity contribution in [1.82, 2.24) is 0 Å². The van der Waals surface area contributed by atoms with E-state index in [2.05, 4.69) is 0 Å². The van der Waals surface area contributed by atoms with Gasteiger partial charge in [-0.25, -0.2) is 0 Å². The Morgan fingerprint density at radius 1 is 1.29 bits per heavy atom. The third-order valence-electron chi connectivity index (χ3n) is 6.32. The first-order valence-corrected chi connectivity index (χ1v) is 13.6. The van der Waals surface area contributed by atoms with E-state index in [1.165, 1.54) is 6.92 Å². The zero-order valence-corrected chi connectivity index (χ0v) is 21.4. The van der Waals surface area contributed by atoms with Crippen molar-refractivity contribution in [3.8, 4) is 11.5 Å². The highest BCUT2D eigenvalue weighted by atomic mass is 32.2. The molecule has 7 nitrogen and oxygen atoms in total. The SMILES string of the molecule is CCCc1c(OCCCSCC2COC3(CCC(CC(=O)OCC)C3)O2)ccc(C(C)=O)c1O. The Morgan fingerprint density at radius 3 is 2.85 bits per heavy atom. The summed E-state index contributed by atoms with van der Waals surface area (Å²) >= 11 is 1.82. The predicted molar refractivity (Wildman–Crippen MR) is 132 cm³/mol. The summed E-state index contributed by atoms with van der Waals surface area (Å²) in [6.45, 7) is 6.88. The molecule has 3 rings (SSSR count). The van der Waals surface area contributed by atoms with Gasteiger partial charge in [-0.1, -0.05) is 13.3 Å². The second kappa shape index (κ2) is 12.8. The van der Waals surface area contributed by atoms with Crippen LogP contribution in [0.3, 0.4) is 0 Å². The molecule has 0 amide bonds. The van der Waals surface area contributed by atoms with Crippen molar-refractivity contribution in [2.75, 3.05) is 31.3 Å². The number of rotatable bonds is 13. The predicted octanol–water partition coefficient (Wildman–Crippen LogP) is 4.91. The highest BCUT2D eigenvalue weighted by molar-refractivity contribution is 7.99. The van der Waals surface area contributed by atoms with E-state index in [-0.39, 0.29) is 29.5 Å². The molecule has 1 heterocycles. The number of thioether (sulfide) groups is 1. The van der Waals surface area contributed by atoms with Crippen LogP contribution in [0.2, 0.25) is 0 Å². The van der Waals surface area contributed by atoms with Gasteiger partial charge in [-0.3, -0.25) is 9.59 Å². The third-order valence-corrected chi connectivity index (χ3v) is 7.51. The smallest absolute Gasteiger partial charge is 0.306 e. The van der Waals surface area contributed by atoms with Crippen molar-refractivity contribution in [2.24, 2.45) is 5.92 Å². The number of ether oxygens (including phenoxy) is 4. The maximum Gasteiger partial charge on any atom is 0.306 e. The largest absolute Gasteiger partial charge is 0.507 e. The van der Waals surface area contributed by atoms with E-state index >= 15 is 0 Å². The Labute approximate surface area is 206 Å². The molecule has 1 aromatic rings. The topological polar surface area (TPSA) is 91.3 Å².